The Balaban J connectivity index is 1.84. The van der Waals surface area contributed by atoms with Gasteiger partial charge in [0.05, 0.1) is 10.8 Å². The molecule has 2 N–H and O–H groups in total. The van der Waals surface area contributed by atoms with Gasteiger partial charge in [0.1, 0.15) is 0 Å². The summed E-state index contributed by atoms with van der Waals surface area (Å²) in [7, 11) is -3.63. The molecule has 27 heavy (non-hydrogen) atoms. The van der Waals surface area contributed by atoms with E-state index in [9.17, 15) is 18.0 Å². The molecule has 2 rings (SSSR count). The van der Waals surface area contributed by atoms with Crippen LogP contribution in [0.3, 0.4) is 0 Å². The van der Waals surface area contributed by atoms with Crippen LogP contribution in [0.1, 0.15) is 38.3 Å². The number of aryl methyl sites for hydroxylation is 2. The molecular formula is C19H29N3O4S. The third-order valence-electron chi connectivity index (χ3n) is 4.64. The normalized spacial score (nSPS) is 18.0. The topological polar surface area (TPSA) is 95.6 Å². The van der Waals surface area contributed by atoms with Gasteiger partial charge in [0.25, 0.3) is 0 Å². The summed E-state index contributed by atoms with van der Waals surface area (Å²) in [6.07, 6.45) is 0.192. The molecule has 0 radical (unpaired) electrons. The van der Waals surface area contributed by atoms with Gasteiger partial charge in [0, 0.05) is 31.6 Å². The van der Waals surface area contributed by atoms with E-state index in [1.807, 2.05) is 33.8 Å². The zero-order valence-corrected chi connectivity index (χ0v) is 17.4. The van der Waals surface area contributed by atoms with Crippen LogP contribution in [-0.4, -0.2) is 50.3 Å². The van der Waals surface area contributed by atoms with Crippen LogP contribution in [0, 0.1) is 19.8 Å². The minimum atomic E-state index is -3.63. The first-order valence-corrected chi connectivity index (χ1v) is 10.6. The number of rotatable bonds is 6. The minimum absolute atomic E-state index is 0.0294. The molecule has 1 aliphatic rings. The lowest BCUT2D eigenvalue weighted by Gasteiger charge is -2.31. The Kier molecular flexibility index (Phi) is 6.32. The van der Waals surface area contributed by atoms with Crippen LogP contribution in [0.4, 0.5) is 0 Å². The average Bonchev–Trinajstić information content (AvgIpc) is 2.93. The second kappa shape index (κ2) is 7.98. The van der Waals surface area contributed by atoms with Crippen molar-refractivity contribution in [2.24, 2.45) is 5.92 Å². The second-order valence-electron chi connectivity index (χ2n) is 8.03. The number of benzene rings is 1. The van der Waals surface area contributed by atoms with Crippen LogP contribution in [0.15, 0.2) is 23.1 Å². The Bertz CT molecular complexity index is 828. The SMILES string of the molecule is Cc1ccc(S(=O)(=O)NCCNC(=O)C2CC(=O)N(C(C)(C)C)C2)c(C)c1. The van der Waals surface area contributed by atoms with Gasteiger partial charge in [-0.05, 0) is 46.2 Å². The third-order valence-corrected chi connectivity index (χ3v) is 6.26. The first-order valence-electron chi connectivity index (χ1n) is 9.07. The summed E-state index contributed by atoms with van der Waals surface area (Å²) in [6, 6.07) is 5.15. The third kappa shape index (κ3) is 5.29. The quantitative estimate of drug-likeness (QED) is 0.711. The maximum Gasteiger partial charge on any atom is 0.240 e. The molecular weight excluding hydrogens is 366 g/mol. The summed E-state index contributed by atoms with van der Waals surface area (Å²) in [6.45, 7) is 10.1. The lowest BCUT2D eigenvalue weighted by Crippen LogP contribution is -2.43. The van der Waals surface area contributed by atoms with Gasteiger partial charge in [0.15, 0.2) is 0 Å². The Hall–Kier alpha value is -1.93. The van der Waals surface area contributed by atoms with Crippen LogP contribution in [-0.2, 0) is 19.6 Å². The Morgan fingerprint density at radius 3 is 2.44 bits per heavy atom. The van der Waals surface area contributed by atoms with Crippen molar-refractivity contribution in [3.8, 4) is 0 Å². The zero-order chi connectivity index (χ0) is 20.4. The van der Waals surface area contributed by atoms with E-state index in [0.717, 1.165) is 5.56 Å². The fourth-order valence-electron chi connectivity index (χ4n) is 3.23. The molecule has 8 heteroatoms. The van der Waals surface area contributed by atoms with Crippen LogP contribution in [0.25, 0.3) is 0 Å². The van der Waals surface area contributed by atoms with Crippen molar-refractivity contribution in [2.75, 3.05) is 19.6 Å². The number of amides is 2. The fourth-order valence-corrected chi connectivity index (χ4v) is 4.48. The van der Waals surface area contributed by atoms with E-state index in [1.54, 1.807) is 24.0 Å². The monoisotopic (exact) mass is 395 g/mol. The van der Waals surface area contributed by atoms with E-state index in [1.165, 1.54) is 0 Å². The molecule has 0 aromatic heterocycles. The number of nitrogens with one attached hydrogen (secondary N) is 2. The van der Waals surface area contributed by atoms with Gasteiger partial charge >= 0.3 is 0 Å². The molecule has 1 aliphatic heterocycles. The molecule has 0 bridgehead atoms. The van der Waals surface area contributed by atoms with Crippen molar-refractivity contribution >= 4 is 21.8 Å². The number of hydrogen-bond donors (Lipinski definition) is 2. The first kappa shape index (κ1) is 21.4. The predicted molar refractivity (Wildman–Crippen MR) is 104 cm³/mol. The largest absolute Gasteiger partial charge is 0.354 e. The van der Waals surface area contributed by atoms with E-state index in [4.69, 9.17) is 0 Å². The highest BCUT2D eigenvalue weighted by atomic mass is 32.2. The molecule has 0 saturated carbocycles. The summed E-state index contributed by atoms with van der Waals surface area (Å²) in [4.78, 5) is 26.3. The summed E-state index contributed by atoms with van der Waals surface area (Å²) in [5, 5.41) is 2.72. The van der Waals surface area contributed by atoms with Gasteiger partial charge in [-0.15, -0.1) is 0 Å². The van der Waals surface area contributed by atoms with Gasteiger partial charge in [-0.3, -0.25) is 9.59 Å². The summed E-state index contributed by atoms with van der Waals surface area (Å²) >= 11 is 0. The molecule has 0 aliphatic carbocycles. The number of carbonyl (C=O) groups excluding carboxylic acids is 2. The van der Waals surface area contributed by atoms with Crippen molar-refractivity contribution < 1.29 is 18.0 Å². The molecule has 1 saturated heterocycles. The van der Waals surface area contributed by atoms with Crippen LogP contribution in [0.5, 0.6) is 0 Å². The highest BCUT2D eigenvalue weighted by molar-refractivity contribution is 7.89. The average molecular weight is 396 g/mol. The van der Waals surface area contributed by atoms with Gasteiger partial charge in [-0.2, -0.15) is 0 Å². The molecule has 1 heterocycles. The Morgan fingerprint density at radius 1 is 1.22 bits per heavy atom. The lowest BCUT2D eigenvalue weighted by atomic mass is 10.1. The van der Waals surface area contributed by atoms with Crippen LogP contribution < -0.4 is 10.0 Å². The first-order chi connectivity index (χ1) is 12.4. The molecule has 1 aromatic carbocycles. The molecule has 1 aromatic rings. The van der Waals surface area contributed by atoms with Crippen molar-refractivity contribution in [2.45, 2.75) is 51.5 Å². The highest BCUT2D eigenvalue weighted by Crippen LogP contribution is 2.25. The maximum absolute atomic E-state index is 12.4. The standard InChI is InChI=1S/C19H29N3O4S/c1-13-6-7-16(14(2)10-13)27(25,26)21-9-8-20-18(24)15-11-17(23)22(12-15)19(3,4)5/h6-7,10,15,21H,8-9,11-12H2,1-5H3,(H,20,24). The number of sulfonamides is 1. The van der Waals surface area contributed by atoms with E-state index < -0.39 is 15.9 Å². The molecule has 0 spiro atoms. The molecule has 1 atom stereocenters. The smallest absolute Gasteiger partial charge is 0.240 e. The van der Waals surface area contributed by atoms with E-state index in [0.29, 0.717) is 12.1 Å². The van der Waals surface area contributed by atoms with Gasteiger partial charge < -0.3 is 10.2 Å². The van der Waals surface area contributed by atoms with E-state index in [-0.39, 0.29) is 41.8 Å². The van der Waals surface area contributed by atoms with Crippen molar-refractivity contribution in [3.63, 3.8) is 0 Å². The van der Waals surface area contributed by atoms with Gasteiger partial charge in [-0.25, -0.2) is 13.1 Å². The number of nitrogens with zero attached hydrogens (tertiary/aromatic N) is 1. The Morgan fingerprint density at radius 2 is 1.89 bits per heavy atom. The van der Waals surface area contributed by atoms with Crippen molar-refractivity contribution in [3.05, 3.63) is 29.3 Å². The zero-order valence-electron chi connectivity index (χ0n) is 16.6. The van der Waals surface area contributed by atoms with Crippen LogP contribution >= 0.6 is 0 Å². The highest BCUT2D eigenvalue weighted by Gasteiger charge is 2.39. The van der Waals surface area contributed by atoms with E-state index >= 15 is 0 Å². The Labute approximate surface area is 161 Å². The molecule has 7 nitrogen and oxygen atoms in total. The summed E-state index contributed by atoms with van der Waals surface area (Å²) < 4.78 is 27.3. The van der Waals surface area contributed by atoms with Crippen molar-refractivity contribution in [1.82, 2.24) is 14.9 Å². The van der Waals surface area contributed by atoms with Crippen molar-refractivity contribution in [1.29, 1.82) is 0 Å². The fraction of sp³-hybridized carbons (Fsp3) is 0.579. The van der Waals surface area contributed by atoms with E-state index in [2.05, 4.69) is 10.0 Å². The second-order valence-corrected chi connectivity index (χ2v) is 9.77. The van der Waals surface area contributed by atoms with Gasteiger partial charge in [-0.1, -0.05) is 17.7 Å². The van der Waals surface area contributed by atoms with Gasteiger partial charge in [0.2, 0.25) is 21.8 Å². The van der Waals surface area contributed by atoms with Crippen LogP contribution in [0.2, 0.25) is 0 Å². The lowest BCUT2D eigenvalue weighted by molar-refractivity contribution is -0.132. The number of hydrogen-bond acceptors (Lipinski definition) is 4. The molecule has 1 unspecified atom stereocenters. The molecule has 2 amide bonds. The minimum Gasteiger partial charge on any atom is -0.354 e. The summed E-state index contributed by atoms with van der Waals surface area (Å²) in [5.41, 5.74) is 1.36. The number of likely N-dealkylation sites (tertiary alicyclic amines) is 1. The number of carbonyl (C=O) groups is 2. The maximum atomic E-state index is 12.4. The molecule has 1 fully saturated rings. The molecule has 150 valence electrons. The predicted octanol–water partition coefficient (Wildman–Crippen LogP) is 1.34. The summed E-state index contributed by atoms with van der Waals surface area (Å²) in [5.74, 6) is -0.647.